The molecule has 0 spiro atoms. The molecule has 1 aromatic carbocycles. The summed E-state index contributed by atoms with van der Waals surface area (Å²) in [5, 5.41) is 8.71. The summed E-state index contributed by atoms with van der Waals surface area (Å²) in [6.07, 6.45) is 0.313. The molecule has 0 bridgehead atoms. The minimum atomic E-state index is -0.0485. The van der Waals surface area contributed by atoms with Crippen LogP contribution in [0.15, 0.2) is 24.3 Å². The number of nitriles is 1. The number of amides is 1. The molecule has 4 nitrogen and oxygen atoms in total. The van der Waals surface area contributed by atoms with Crippen molar-refractivity contribution in [1.82, 2.24) is 0 Å². The molecular weight excluding hydrogens is 190 g/mol. The number of benzene rings is 1. The van der Waals surface area contributed by atoms with Crippen molar-refractivity contribution in [2.45, 2.75) is 6.42 Å². The summed E-state index contributed by atoms with van der Waals surface area (Å²) in [7, 11) is 1.68. The summed E-state index contributed by atoms with van der Waals surface area (Å²) in [4.78, 5) is 13.0. The Balaban J connectivity index is 2.87. The summed E-state index contributed by atoms with van der Waals surface area (Å²) in [6, 6.07) is 8.94. The second-order valence-corrected chi connectivity index (χ2v) is 3.15. The number of rotatable bonds is 3. The van der Waals surface area contributed by atoms with Gasteiger partial charge in [-0.25, -0.2) is 0 Å². The lowest BCUT2D eigenvalue weighted by Gasteiger charge is -2.16. The third-order valence-corrected chi connectivity index (χ3v) is 2.09. The Bertz CT molecular complexity index is 395. The van der Waals surface area contributed by atoms with Gasteiger partial charge >= 0.3 is 0 Å². The molecule has 1 amide bonds. The van der Waals surface area contributed by atoms with Crippen LogP contribution in [-0.4, -0.2) is 19.5 Å². The van der Waals surface area contributed by atoms with Gasteiger partial charge < -0.3 is 10.6 Å². The number of hydrogen-bond donors (Lipinski definition) is 1. The van der Waals surface area contributed by atoms with E-state index in [0.29, 0.717) is 24.2 Å². The van der Waals surface area contributed by atoms with Crippen molar-refractivity contribution in [2.24, 2.45) is 5.73 Å². The lowest BCUT2D eigenvalue weighted by atomic mass is 10.2. The van der Waals surface area contributed by atoms with Crippen LogP contribution in [0.3, 0.4) is 0 Å². The van der Waals surface area contributed by atoms with Crippen molar-refractivity contribution >= 4 is 11.6 Å². The average Bonchev–Trinajstić information content (AvgIpc) is 2.28. The number of nitrogens with two attached hydrogens (primary N) is 1. The molecule has 0 fully saturated rings. The van der Waals surface area contributed by atoms with Crippen molar-refractivity contribution in [3.63, 3.8) is 0 Å². The molecule has 0 saturated carbocycles. The summed E-state index contributed by atoms with van der Waals surface area (Å²) in [5.41, 5.74) is 6.56. The highest BCUT2D eigenvalue weighted by atomic mass is 16.2. The van der Waals surface area contributed by atoms with Crippen LogP contribution in [0.5, 0.6) is 0 Å². The van der Waals surface area contributed by atoms with Crippen molar-refractivity contribution in [1.29, 1.82) is 5.26 Å². The number of nitrogens with zero attached hydrogens (tertiary/aromatic N) is 2. The maximum Gasteiger partial charge on any atom is 0.227 e. The smallest absolute Gasteiger partial charge is 0.227 e. The number of hydrogen-bond acceptors (Lipinski definition) is 3. The molecule has 0 atom stereocenters. The largest absolute Gasteiger partial charge is 0.330 e. The van der Waals surface area contributed by atoms with E-state index in [1.54, 1.807) is 31.3 Å². The highest BCUT2D eigenvalue weighted by Gasteiger charge is 2.09. The summed E-state index contributed by atoms with van der Waals surface area (Å²) in [5.74, 6) is -0.0485. The fourth-order valence-corrected chi connectivity index (χ4v) is 1.22. The van der Waals surface area contributed by atoms with E-state index in [1.165, 1.54) is 4.90 Å². The lowest BCUT2D eigenvalue weighted by Crippen LogP contribution is -2.28. The lowest BCUT2D eigenvalue weighted by molar-refractivity contribution is -0.118. The van der Waals surface area contributed by atoms with Crippen LogP contribution in [-0.2, 0) is 4.79 Å². The number of anilines is 1. The molecule has 0 radical (unpaired) electrons. The molecule has 0 heterocycles. The highest BCUT2D eigenvalue weighted by Crippen LogP contribution is 2.14. The van der Waals surface area contributed by atoms with Crippen LogP contribution < -0.4 is 10.6 Å². The highest BCUT2D eigenvalue weighted by molar-refractivity contribution is 5.93. The summed E-state index contributed by atoms with van der Waals surface area (Å²) < 4.78 is 0. The van der Waals surface area contributed by atoms with E-state index in [-0.39, 0.29) is 5.91 Å². The first-order chi connectivity index (χ1) is 7.19. The molecule has 0 aliphatic carbocycles. The quantitative estimate of drug-likeness (QED) is 0.792. The third kappa shape index (κ3) is 2.79. The van der Waals surface area contributed by atoms with Crippen molar-refractivity contribution in [2.75, 3.05) is 18.5 Å². The van der Waals surface area contributed by atoms with Gasteiger partial charge in [-0.2, -0.15) is 5.26 Å². The van der Waals surface area contributed by atoms with E-state index in [9.17, 15) is 4.79 Å². The van der Waals surface area contributed by atoms with E-state index in [4.69, 9.17) is 11.0 Å². The van der Waals surface area contributed by atoms with Gasteiger partial charge in [-0.3, -0.25) is 4.79 Å². The molecule has 0 aliphatic rings. The van der Waals surface area contributed by atoms with Crippen LogP contribution in [0, 0.1) is 11.3 Å². The molecule has 0 aromatic heterocycles. The first-order valence-corrected chi connectivity index (χ1v) is 4.66. The van der Waals surface area contributed by atoms with Gasteiger partial charge in [-0.1, -0.05) is 6.07 Å². The Labute approximate surface area is 88.9 Å². The maximum absolute atomic E-state index is 11.5. The van der Waals surface area contributed by atoms with Gasteiger partial charge in [0, 0.05) is 25.7 Å². The van der Waals surface area contributed by atoms with E-state index in [1.807, 2.05) is 6.07 Å². The molecule has 0 saturated heterocycles. The Morgan fingerprint density at radius 2 is 2.33 bits per heavy atom. The van der Waals surface area contributed by atoms with Crippen LogP contribution in [0.4, 0.5) is 5.69 Å². The zero-order chi connectivity index (χ0) is 11.3. The minimum absolute atomic E-state index is 0.0485. The van der Waals surface area contributed by atoms with E-state index in [2.05, 4.69) is 0 Å². The predicted octanol–water partition coefficient (Wildman–Crippen LogP) is 0.870. The first kappa shape index (κ1) is 11.2. The zero-order valence-corrected chi connectivity index (χ0v) is 8.60. The van der Waals surface area contributed by atoms with Crippen molar-refractivity contribution in [3.05, 3.63) is 29.8 Å². The second-order valence-electron chi connectivity index (χ2n) is 3.15. The second kappa shape index (κ2) is 5.13. The molecule has 4 heteroatoms. The summed E-state index contributed by atoms with van der Waals surface area (Å²) in [6.45, 7) is 0.334. The normalized spacial score (nSPS) is 9.40. The molecule has 1 aromatic rings. The molecule has 2 N–H and O–H groups in total. The molecule has 0 unspecified atom stereocenters. The number of carbonyl (C=O) groups is 1. The molecule has 78 valence electrons. The van der Waals surface area contributed by atoms with E-state index >= 15 is 0 Å². The monoisotopic (exact) mass is 203 g/mol. The van der Waals surface area contributed by atoms with E-state index in [0.717, 1.165) is 0 Å². The van der Waals surface area contributed by atoms with Gasteiger partial charge in [0.2, 0.25) is 5.91 Å². The topological polar surface area (TPSA) is 70.1 Å². The van der Waals surface area contributed by atoms with Crippen LogP contribution in [0.2, 0.25) is 0 Å². The van der Waals surface area contributed by atoms with Gasteiger partial charge in [-0.15, -0.1) is 0 Å². The number of carbonyl (C=O) groups excluding carboxylic acids is 1. The van der Waals surface area contributed by atoms with E-state index < -0.39 is 0 Å². The zero-order valence-electron chi connectivity index (χ0n) is 8.60. The minimum Gasteiger partial charge on any atom is -0.330 e. The molecule has 0 aliphatic heterocycles. The molecule has 1 rings (SSSR count). The van der Waals surface area contributed by atoms with Gasteiger partial charge in [0.25, 0.3) is 0 Å². The standard InChI is InChI=1S/C11H13N3O/c1-14(11(15)5-6-12)10-4-2-3-9(7-10)8-13/h2-4,7H,5-6,12H2,1H3. The fourth-order valence-electron chi connectivity index (χ4n) is 1.22. The fraction of sp³-hybridized carbons (Fsp3) is 0.273. The average molecular weight is 203 g/mol. The molecular formula is C11H13N3O. The SMILES string of the molecule is CN(C(=O)CCN)c1cccc(C#N)c1. The molecule has 15 heavy (non-hydrogen) atoms. The van der Waals surface area contributed by atoms with Gasteiger partial charge in [0.15, 0.2) is 0 Å². The third-order valence-electron chi connectivity index (χ3n) is 2.09. The van der Waals surface area contributed by atoms with Crippen LogP contribution in [0.25, 0.3) is 0 Å². The Morgan fingerprint density at radius 1 is 1.60 bits per heavy atom. The van der Waals surface area contributed by atoms with Gasteiger partial charge in [-0.05, 0) is 18.2 Å². The van der Waals surface area contributed by atoms with Crippen LogP contribution >= 0.6 is 0 Å². The maximum atomic E-state index is 11.5. The first-order valence-electron chi connectivity index (χ1n) is 4.66. The van der Waals surface area contributed by atoms with Crippen LogP contribution in [0.1, 0.15) is 12.0 Å². The van der Waals surface area contributed by atoms with Crippen molar-refractivity contribution < 1.29 is 4.79 Å². The summed E-state index contributed by atoms with van der Waals surface area (Å²) >= 11 is 0. The van der Waals surface area contributed by atoms with Crippen molar-refractivity contribution in [3.8, 4) is 6.07 Å². The Hall–Kier alpha value is -1.86. The van der Waals surface area contributed by atoms with Gasteiger partial charge in [0.1, 0.15) is 0 Å². The Morgan fingerprint density at radius 3 is 2.93 bits per heavy atom. The Kier molecular flexibility index (Phi) is 3.83. The predicted molar refractivity (Wildman–Crippen MR) is 58.2 cm³/mol. The van der Waals surface area contributed by atoms with Gasteiger partial charge in [0.05, 0.1) is 11.6 Å².